The Hall–Kier alpha value is 0.120. The maximum atomic E-state index is 12.0. The van der Waals surface area contributed by atoms with Crippen molar-refractivity contribution >= 4 is 22.6 Å². The summed E-state index contributed by atoms with van der Waals surface area (Å²) >= 11 is 0. The smallest absolute Gasteiger partial charge is 0.279 e. The van der Waals surface area contributed by atoms with Gasteiger partial charge in [0.1, 0.15) is 0 Å². The SMILES string of the molecule is CCCN(C)S(=O)(=O)NC(CN)C1CCCC1.Cl. The standard InChI is InChI=1S/C11H25N3O2S.ClH/c1-3-8-14(2)17(15,16)13-11(9-12)10-6-4-5-7-10;/h10-11,13H,3-9,12H2,1-2H3;1H. The first-order chi connectivity index (χ1) is 8.01. The van der Waals surface area contributed by atoms with Gasteiger partial charge < -0.3 is 5.73 Å². The van der Waals surface area contributed by atoms with Crippen molar-refractivity contribution < 1.29 is 8.42 Å². The highest BCUT2D eigenvalue weighted by atomic mass is 35.5. The number of halogens is 1. The van der Waals surface area contributed by atoms with Gasteiger partial charge in [-0.15, -0.1) is 12.4 Å². The molecule has 1 fully saturated rings. The summed E-state index contributed by atoms with van der Waals surface area (Å²) in [5, 5.41) is 0. The fraction of sp³-hybridized carbons (Fsp3) is 1.00. The fourth-order valence-corrected chi connectivity index (χ4v) is 3.69. The lowest BCUT2D eigenvalue weighted by Crippen LogP contribution is -2.49. The Morgan fingerprint density at radius 3 is 2.39 bits per heavy atom. The Kier molecular flexibility index (Phi) is 8.38. The molecule has 0 aromatic rings. The predicted octanol–water partition coefficient (Wildman–Crippen LogP) is 1.10. The summed E-state index contributed by atoms with van der Waals surface area (Å²) in [6, 6.07) is -0.109. The molecule has 1 unspecified atom stereocenters. The lowest BCUT2D eigenvalue weighted by molar-refractivity contribution is 0.384. The Bertz CT molecular complexity index is 318. The van der Waals surface area contributed by atoms with E-state index in [2.05, 4.69) is 4.72 Å². The number of nitrogens with two attached hydrogens (primary N) is 1. The van der Waals surface area contributed by atoms with Gasteiger partial charge in [0.05, 0.1) is 0 Å². The van der Waals surface area contributed by atoms with Crippen LogP contribution in [0.5, 0.6) is 0 Å². The van der Waals surface area contributed by atoms with Gasteiger partial charge in [0.2, 0.25) is 0 Å². The average Bonchev–Trinajstić information content (AvgIpc) is 2.79. The molecular formula is C11H26ClN3O2S. The van der Waals surface area contributed by atoms with Crippen molar-refractivity contribution in [3.8, 4) is 0 Å². The van der Waals surface area contributed by atoms with Crippen LogP contribution in [0.1, 0.15) is 39.0 Å². The zero-order valence-corrected chi connectivity index (χ0v) is 12.9. The molecule has 7 heteroatoms. The van der Waals surface area contributed by atoms with Crippen LogP contribution >= 0.6 is 12.4 Å². The van der Waals surface area contributed by atoms with Crippen molar-refractivity contribution in [3.05, 3.63) is 0 Å². The first-order valence-electron chi connectivity index (χ1n) is 6.45. The highest BCUT2D eigenvalue weighted by molar-refractivity contribution is 7.87. The molecule has 1 saturated carbocycles. The van der Waals surface area contributed by atoms with E-state index in [4.69, 9.17) is 5.73 Å². The van der Waals surface area contributed by atoms with Crippen LogP contribution in [-0.4, -0.2) is 38.9 Å². The second kappa shape index (κ2) is 8.32. The minimum Gasteiger partial charge on any atom is -0.329 e. The second-order valence-corrected chi connectivity index (χ2v) is 6.64. The van der Waals surface area contributed by atoms with Gasteiger partial charge in [-0.1, -0.05) is 19.8 Å². The van der Waals surface area contributed by atoms with Crippen molar-refractivity contribution in [2.45, 2.75) is 45.1 Å². The van der Waals surface area contributed by atoms with E-state index in [1.165, 1.54) is 17.1 Å². The molecular weight excluding hydrogens is 274 g/mol. The lowest BCUT2D eigenvalue weighted by Gasteiger charge is -2.26. The molecule has 0 spiro atoms. The number of rotatable bonds is 7. The van der Waals surface area contributed by atoms with Crippen LogP contribution in [0.15, 0.2) is 0 Å². The van der Waals surface area contributed by atoms with Gasteiger partial charge >= 0.3 is 0 Å². The summed E-state index contributed by atoms with van der Waals surface area (Å²) in [7, 11) is -1.76. The third kappa shape index (κ3) is 5.01. The number of nitrogens with one attached hydrogen (secondary N) is 1. The van der Waals surface area contributed by atoms with Crippen LogP contribution < -0.4 is 10.5 Å². The molecule has 18 heavy (non-hydrogen) atoms. The Morgan fingerprint density at radius 2 is 1.94 bits per heavy atom. The minimum atomic E-state index is -3.37. The summed E-state index contributed by atoms with van der Waals surface area (Å²) in [6.45, 7) is 2.88. The topological polar surface area (TPSA) is 75.4 Å². The van der Waals surface area contributed by atoms with Crippen LogP contribution in [0.3, 0.4) is 0 Å². The normalized spacial score (nSPS) is 18.9. The first kappa shape index (κ1) is 18.1. The molecule has 1 aliphatic carbocycles. The molecule has 3 N–H and O–H groups in total. The van der Waals surface area contributed by atoms with Crippen LogP contribution in [-0.2, 0) is 10.2 Å². The quantitative estimate of drug-likeness (QED) is 0.739. The third-order valence-electron chi connectivity index (χ3n) is 3.47. The van der Waals surface area contributed by atoms with Crippen molar-refractivity contribution in [1.29, 1.82) is 0 Å². The monoisotopic (exact) mass is 299 g/mol. The highest BCUT2D eigenvalue weighted by Gasteiger charge is 2.29. The molecule has 0 amide bonds. The van der Waals surface area contributed by atoms with E-state index in [-0.39, 0.29) is 18.4 Å². The molecule has 0 heterocycles. The van der Waals surface area contributed by atoms with Crippen LogP contribution in [0, 0.1) is 5.92 Å². The third-order valence-corrected chi connectivity index (χ3v) is 5.08. The van der Waals surface area contributed by atoms with Gasteiger partial charge in [-0.25, -0.2) is 0 Å². The van der Waals surface area contributed by atoms with E-state index >= 15 is 0 Å². The number of hydrogen-bond acceptors (Lipinski definition) is 3. The second-order valence-electron chi connectivity index (χ2n) is 4.83. The summed E-state index contributed by atoms with van der Waals surface area (Å²) in [4.78, 5) is 0. The van der Waals surface area contributed by atoms with Crippen LogP contribution in [0.25, 0.3) is 0 Å². The molecule has 0 aliphatic heterocycles. The van der Waals surface area contributed by atoms with Crippen molar-refractivity contribution in [2.75, 3.05) is 20.1 Å². The summed E-state index contributed by atoms with van der Waals surface area (Å²) in [6.07, 6.45) is 5.36. The molecule has 1 atom stereocenters. The molecule has 110 valence electrons. The average molecular weight is 300 g/mol. The van der Waals surface area contributed by atoms with Gasteiger partial charge in [-0.2, -0.15) is 17.4 Å². The van der Waals surface area contributed by atoms with Gasteiger partial charge in [0, 0.05) is 26.2 Å². The summed E-state index contributed by atoms with van der Waals surface area (Å²) in [5.74, 6) is 0.407. The number of hydrogen-bond donors (Lipinski definition) is 2. The van der Waals surface area contributed by atoms with E-state index < -0.39 is 10.2 Å². The van der Waals surface area contributed by atoms with Gasteiger partial charge in [0.15, 0.2) is 0 Å². The van der Waals surface area contributed by atoms with Crippen LogP contribution in [0.2, 0.25) is 0 Å². The number of nitrogens with zero attached hydrogens (tertiary/aromatic N) is 1. The zero-order chi connectivity index (χ0) is 12.9. The van der Waals surface area contributed by atoms with E-state index in [1.54, 1.807) is 7.05 Å². The van der Waals surface area contributed by atoms with Crippen LogP contribution in [0.4, 0.5) is 0 Å². The molecule has 0 radical (unpaired) electrons. The molecule has 5 nitrogen and oxygen atoms in total. The van der Waals surface area contributed by atoms with Gasteiger partial charge in [-0.3, -0.25) is 0 Å². The summed E-state index contributed by atoms with van der Waals surface area (Å²) < 4.78 is 28.1. The Morgan fingerprint density at radius 1 is 1.39 bits per heavy atom. The Balaban J connectivity index is 0.00000289. The van der Waals surface area contributed by atoms with Crippen molar-refractivity contribution in [3.63, 3.8) is 0 Å². The van der Waals surface area contributed by atoms with Gasteiger partial charge in [0.25, 0.3) is 10.2 Å². The lowest BCUT2D eigenvalue weighted by atomic mass is 9.99. The predicted molar refractivity (Wildman–Crippen MR) is 77.0 cm³/mol. The highest BCUT2D eigenvalue weighted by Crippen LogP contribution is 2.27. The Labute approximate surface area is 117 Å². The summed E-state index contributed by atoms with van der Waals surface area (Å²) in [5.41, 5.74) is 5.69. The minimum absolute atomic E-state index is 0. The van der Waals surface area contributed by atoms with Gasteiger partial charge in [-0.05, 0) is 25.2 Å². The van der Waals surface area contributed by atoms with E-state index in [9.17, 15) is 8.42 Å². The fourth-order valence-electron chi connectivity index (χ4n) is 2.41. The van der Waals surface area contributed by atoms with E-state index in [1.807, 2.05) is 6.92 Å². The molecule has 0 aromatic carbocycles. The first-order valence-corrected chi connectivity index (χ1v) is 7.89. The molecule has 1 aliphatic rings. The van der Waals surface area contributed by atoms with Crippen molar-refractivity contribution in [1.82, 2.24) is 9.03 Å². The van der Waals surface area contributed by atoms with E-state index in [0.29, 0.717) is 19.0 Å². The largest absolute Gasteiger partial charge is 0.329 e. The van der Waals surface area contributed by atoms with E-state index in [0.717, 1.165) is 19.3 Å². The maximum Gasteiger partial charge on any atom is 0.279 e. The maximum absolute atomic E-state index is 12.0. The zero-order valence-electron chi connectivity index (χ0n) is 11.3. The molecule has 0 saturated heterocycles. The molecule has 0 aromatic heterocycles. The van der Waals surface area contributed by atoms with Crippen molar-refractivity contribution in [2.24, 2.45) is 11.7 Å². The molecule has 0 bridgehead atoms. The molecule has 1 rings (SSSR count).